The van der Waals surface area contributed by atoms with Gasteiger partial charge < -0.3 is 9.64 Å². The lowest BCUT2D eigenvalue weighted by molar-refractivity contribution is -0.145. The molecular formula is C9H17NO4. The van der Waals surface area contributed by atoms with Crippen LogP contribution in [0.4, 0.5) is 0 Å². The van der Waals surface area contributed by atoms with Gasteiger partial charge in [0.25, 0.3) is 0 Å². The molecule has 0 unspecified atom stereocenters. The van der Waals surface area contributed by atoms with E-state index >= 15 is 0 Å². The Morgan fingerprint density at radius 2 is 1.79 bits per heavy atom. The molecule has 0 heterocycles. The molecule has 0 saturated carbocycles. The van der Waals surface area contributed by atoms with Crippen LogP contribution in [0.2, 0.25) is 0 Å². The molecule has 0 N–H and O–H groups in total. The monoisotopic (exact) mass is 203 g/mol. The van der Waals surface area contributed by atoms with Gasteiger partial charge >= 0.3 is 5.97 Å². The van der Waals surface area contributed by atoms with E-state index < -0.39 is 5.97 Å². The van der Waals surface area contributed by atoms with Gasteiger partial charge in [-0.15, -0.1) is 0 Å². The summed E-state index contributed by atoms with van der Waals surface area (Å²) in [6.07, 6.45) is 0.647. The van der Waals surface area contributed by atoms with Crippen LogP contribution in [0, 0.1) is 0 Å². The van der Waals surface area contributed by atoms with E-state index in [4.69, 9.17) is 0 Å². The molecule has 0 aromatic carbocycles. The SMILES string of the molecule is CCOC(=O)CC(C)=O.CN(C)C=O. The number of nitrogens with zero attached hydrogens (tertiary/aromatic N) is 1. The van der Waals surface area contributed by atoms with E-state index in [9.17, 15) is 14.4 Å². The average molecular weight is 203 g/mol. The Bertz CT molecular complexity index is 189. The third-order valence-electron chi connectivity index (χ3n) is 0.909. The molecule has 0 bridgehead atoms. The van der Waals surface area contributed by atoms with E-state index in [1.807, 2.05) is 0 Å². The molecule has 5 heteroatoms. The summed E-state index contributed by atoms with van der Waals surface area (Å²) in [6.45, 7) is 3.40. The van der Waals surface area contributed by atoms with Crippen LogP contribution in [0.25, 0.3) is 0 Å². The smallest absolute Gasteiger partial charge is 0.313 e. The second kappa shape index (κ2) is 9.70. The average Bonchev–Trinajstić information content (AvgIpc) is 2.04. The molecular weight excluding hydrogens is 186 g/mol. The first kappa shape index (κ1) is 15.1. The standard InChI is InChI=1S/C6H10O3.C3H7NO/c1-3-9-6(8)4-5(2)7;1-4(2)3-5/h3-4H2,1-2H3;3H,1-2H3. The second-order valence-electron chi connectivity index (χ2n) is 2.75. The van der Waals surface area contributed by atoms with E-state index in [-0.39, 0.29) is 12.2 Å². The Hall–Kier alpha value is -1.39. The molecule has 0 radical (unpaired) electrons. The van der Waals surface area contributed by atoms with E-state index in [1.54, 1.807) is 21.0 Å². The summed E-state index contributed by atoms with van der Waals surface area (Å²) in [4.78, 5) is 31.5. The number of esters is 1. The summed E-state index contributed by atoms with van der Waals surface area (Å²) >= 11 is 0. The molecule has 0 aromatic rings. The first-order chi connectivity index (χ1) is 6.43. The summed E-state index contributed by atoms with van der Waals surface area (Å²) in [6, 6.07) is 0. The molecule has 0 saturated heterocycles. The van der Waals surface area contributed by atoms with Crippen molar-refractivity contribution in [2.75, 3.05) is 20.7 Å². The molecule has 0 aliphatic heterocycles. The molecule has 0 atom stereocenters. The quantitative estimate of drug-likeness (QED) is 0.373. The van der Waals surface area contributed by atoms with Crippen molar-refractivity contribution in [1.82, 2.24) is 4.90 Å². The van der Waals surface area contributed by atoms with Crippen molar-refractivity contribution in [2.45, 2.75) is 20.3 Å². The number of amides is 1. The Morgan fingerprint density at radius 3 is 2.00 bits per heavy atom. The lowest BCUT2D eigenvalue weighted by Gasteiger charge is -1.96. The first-order valence-corrected chi connectivity index (χ1v) is 4.20. The van der Waals surface area contributed by atoms with Gasteiger partial charge in [-0.05, 0) is 13.8 Å². The van der Waals surface area contributed by atoms with E-state index in [0.29, 0.717) is 6.61 Å². The summed E-state index contributed by atoms with van der Waals surface area (Å²) < 4.78 is 4.49. The van der Waals surface area contributed by atoms with Crippen LogP contribution in [-0.4, -0.2) is 43.8 Å². The Balaban J connectivity index is 0. The van der Waals surface area contributed by atoms with E-state index in [1.165, 1.54) is 11.8 Å². The number of carbonyl (C=O) groups is 3. The molecule has 0 aliphatic rings. The van der Waals surface area contributed by atoms with Gasteiger partial charge in [-0.25, -0.2) is 0 Å². The maximum absolute atomic E-state index is 10.4. The maximum Gasteiger partial charge on any atom is 0.313 e. The highest BCUT2D eigenvalue weighted by atomic mass is 16.5. The van der Waals surface area contributed by atoms with Crippen LogP contribution in [0.5, 0.6) is 0 Å². The normalized spacial score (nSPS) is 8.00. The third kappa shape index (κ3) is 16.9. The minimum absolute atomic E-state index is 0.103. The maximum atomic E-state index is 10.4. The van der Waals surface area contributed by atoms with Crippen LogP contribution in [0.1, 0.15) is 20.3 Å². The zero-order valence-electron chi connectivity index (χ0n) is 9.07. The van der Waals surface area contributed by atoms with Crippen molar-refractivity contribution in [3.8, 4) is 0 Å². The molecule has 0 fully saturated rings. The first-order valence-electron chi connectivity index (χ1n) is 4.20. The number of Topliss-reactive ketones (excluding diaryl/α,β-unsaturated/α-hetero) is 1. The zero-order valence-corrected chi connectivity index (χ0v) is 9.07. The predicted octanol–water partition coefficient (Wildman–Crippen LogP) is 0.233. The van der Waals surface area contributed by atoms with Gasteiger partial charge in [-0.1, -0.05) is 0 Å². The van der Waals surface area contributed by atoms with Gasteiger partial charge in [0.1, 0.15) is 12.2 Å². The highest BCUT2D eigenvalue weighted by Crippen LogP contribution is 1.86. The van der Waals surface area contributed by atoms with Crippen molar-refractivity contribution in [2.24, 2.45) is 0 Å². The van der Waals surface area contributed by atoms with Gasteiger partial charge in [0.15, 0.2) is 0 Å². The van der Waals surface area contributed by atoms with Gasteiger partial charge in [0.05, 0.1) is 6.61 Å². The molecule has 0 aliphatic carbocycles. The number of carbonyl (C=O) groups excluding carboxylic acids is 3. The summed E-state index contributed by atoms with van der Waals surface area (Å²) in [5.41, 5.74) is 0. The predicted molar refractivity (Wildman–Crippen MR) is 51.7 cm³/mol. The van der Waals surface area contributed by atoms with Crippen LogP contribution in [-0.2, 0) is 19.1 Å². The fourth-order valence-corrected chi connectivity index (χ4v) is 0.415. The molecule has 0 rings (SSSR count). The van der Waals surface area contributed by atoms with Crippen molar-refractivity contribution in [3.05, 3.63) is 0 Å². The molecule has 1 amide bonds. The van der Waals surface area contributed by atoms with Crippen LogP contribution >= 0.6 is 0 Å². The zero-order chi connectivity index (χ0) is 11.6. The molecule has 5 nitrogen and oxygen atoms in total. The fraction of sp³-hybridized carbons (Fsp3) is 0.667. The third-order valence-corrected chi connectivity index (χ3v) is 0.909. The number of rotatable bonds is 4. The second-order valence-corrected chi connectivity index (χ2v) is 2.75. The lowest BCUT2D eigenvalue weighted by Crippen LogP contribution is -2.07. The van der Waals surface area contributed by atoms with Crippen molar-refractivity contribution in [1.29, 1.82) is 0 Å². The van der Waals surface area contributed by atoms with Gasteiger partial charge in [-0.3, -0.25) is 14.4 Å². The molecule has 14 heavy (non-hydrogen) atoms. The summed E-state index contributed by atoms with van der Waals surface area (Å²) in [5.74, 6) is -0.599. The van der Waals surface area contributed by atoms with Crippen molar-refractivity contribution in [3.63, 3.8) is 0 Å². The van der Waals surface area contributed by atoms with Crippen LogP contribution in [0.15, 0.2) is 0 Å². The van der Waals surface area contributed by atoms with E-state index in [2.05, 4.69) is 4.74 Å². The minimum atomic E-state index is -0.440. The van der Waals surface area contributed by atoms with Crippen molar-refractivity contribution < 1.29 is 19.1 Å². The molecule has 82 valence electrons. The fourth-order valence-electron chi connectivity index (χ4n) is 0.415. The minimum Gasteiger partial charge on any atom is -0.466 e. The lowest BCUT2D eigenvalue weighted by atomic mass is 10.3. The number of hydrogen-bond acceptors (Lipinski definition) is 4. The van der Waals surface area contributed by atoms with Crippen molar-refractivity contribution >= 4 is 18.2 Å². The van der Waals surface area contributed by atoms with Crippen LogP contribution < -0.4 is 0 Å². The number of ether oxygens (including phenoxy) is 1. The van der Waals surface area contributed by atoms with Gasteiger partial charge in [0.2, 0.25) is 6.41 Å². The highest BCUT2D eigenvalue weighted by molar-refractivity contribution is 5.94. The number of ketones is 1. The Kier molecular flexibility index (Phi) is 10.5. The number of hydrogen-bond donors (Lipinski definition) is 0. The highest BCUT2D eigenvalue weighted by Gasteiger charge is 2.03. The Labute approximate surface area is 84.0 Å². The van der Waals surface area contributed by atoms with Gasteiger partial charge in [-0.2, -0.15) is 0 Å². The summed E-state index contributed by atoms with van der Waals surface area (Å²) in [7, 11) is 3.38. The molecule has 0 aromatic heterocycles. The van der Waals surface area contributed by atoms with E-state index in [0.717, 1.165) is 6.41 Å². The van der Waals surface area contributed by atoms with Gasteiger partial charge in [0, 0.05) is 14.1 Å². The van der Waals surface area contributed by atoms with Crippen LogP contribution in [0.3, 0.4) is 0 Å². The summed E-state index contributed by atoms with van der Waals surface area (Å²) in [5, 5.41) is 0. The largest absolute Gasteiger partial charge is 0.466 e. The Morgan fingerprint density at radius 1 is 1.36 bits per heavy atom. The molecule has 0 spiro atoms. The topological polar surface area (TPSA) is 63.7 Å².